The van der Waals surface area contributed by atoms with E-state index >= 15 is 0 Å². The van der Waals surface area contributed by atoms with Crippen LogP contribution in [0.25, 0.3) is 0 Å². The lowest BCUT2D eigenvalue weighted by atomic mass is 10.0. The summed E-state index contributed by atoms with van der Waals surface area (Å²) in [6.07, 6.45) is 0. The highest BCUT2D eigenvalue weighted by Crippen LogP contribution is 2.34. The van der Waals surface area contributed by atoms with E-state index in [4.69, 9.17) is 4.74 Å². The van der Waals surface area contributed by atoms with Gasteiger partial charge in [-0.3, -0.25) is 14.3 Å². The zero-order valence-electron chi connectivity index (χ0n) is 13.4. The summed E-state index contributed by atoms with van der Waals surface area (Å²) < 4.78 is 7.37. The van der Waals surface area contributed by atoms with Crippen molar-refractivity contribution in [1.29, 1.82) is 0 Å². The quantitative estimate of drug-likeness (QED) is 0.827. The summed E-state index contributed by atoms with van der Waals surface area (Å²) in [5, 5.41) is 9.72. The molecule has 0 radical (unpaired) electrons. The van der Waals surface area contributed by atoms with Crippen molar-refractivity contribution < 1.29 is 14.3 Å². The van der Waals surface area contributed by atoms with E-state index < -0.39 is 17.4 Å². The lowest BCUT2D eigenvalue weighted by Crippen LogP contribution is -2.56. The monoisotopic (exact) mass is 314 g/mol. The Kier molecular flexibility index (Phi) is 3.35. The number of ether oxygens (including phenoxy) is 1. The van der Waals surface area contributed by atoms with E-state index in [0.717, 1.165) is 5.69 Å². The van der Waals surface area contributed by atoms with Crippen LogP contribution in [0.3, 0.4) is 0 Å². The SMILES string of the molecule is Cc1nn(C)c(C)c1NC(=O)C1(C)Oc2ccccc2NC1=O. The standard InChI is InChI=1S/C16H18N4O3/c1-9-13(10(2)20(4)19-9)18-15(22)16(3)14(21)17-11-7-5-6-8-12(11)23-16/h5-8H,1-4H3,(H,17,21)(H,18,22). The number of nitrogens with one attached hydrogen (secondary N) is 2. The Balaban J connectivity index is 1.91. The molecule has 0 fully saturated rings. The molecule has 23 heavy (non-hydrogen) atoms. The van der Waals surface area contributed by atoms with Crippen molar-refractivity contribution in [3.8, 4) is 5.75 Å². The number of carbonyl (C=O) groups is 2. The van der Waals surface area contributed by atoms with Crippen LogP contribution in [-0.4, -0.2) is 27.2 Å². The van der Waals surface area contributed by atoms with E-state index in [1.807, 2.05) is 6.92 Å². The van der Waals surface area contributed by atoms with Crippen LogP contribution in [0, 0.1) is 13.8 Å². The molecule has 0 saturated heterocycles. The molecule has 3 rings (SSSR count). The molecule has 1 aliphatic heterocycles. The van der Waals surface area contributed by atoms with Gasteiger partial charge in [-0.05, 0) is 32.9 Å². The third kappa shape index (κ3) is 2.34. The lowest BCUT2D eigenvalue weighted by Gasteiger charge is -2.33. The van der Waals surface area contributed by atoms with Gasteiger partial charge in [0.05, 0.1) is 22.8 Å². The molecule has 1 aliphatic rings. The fraction of sp³-hybridized carbons (Fsp3) is 0.312. The van der Waals surface area contributed by atoms with Crippen molar-refractivity contribution in [3.63, 3.8) is 0 Å². The van der Waals surface area contributed by atoms with Crippen molar-refractivity contribution in [3.05, 3.63) is 35.7 Å². The maximum atomic E-state index is 12.7. The molecule has 0 spiro atoms. The number of nitrogens with zero attached hydrogens (tertiary/aromatic N) is 2. The maximum absolute atomic E-state index is 12.7. The number of aromatic nitrogens is 2. The van der Waals surface area contributed by atoms with Gasteiger partial charge in [0.15, 0.2) is 0 Å². The zero-order valence-corrected chi connectivity index (χ0v) is 13.4. The van der Waals surface area contributed by atoms with Crippen molar-refractivity contribution in [2.24, 2.45) is 7.05 Å². The van der Waals surface area contributed by atoms with E-state index in [9.17, 15) is 9.59 Å². The minimum atomic E-state index is -1.65. The topological polar surface area (TPSA) is 85.2 Å². The Labute approximate surface area is 133 Å². The number of aryl methyl sites for hydroxylation is 2. The average Bonchev–Trinajstić information content (AvgIpc) is 2.74. The molecule has 0 aliphatic carbocycles. The Morgan fingerprint density at radius 2 is 2.04 bits per heavy atom. The first-order chi connectivity index (χ1) is 10.8. The Bertz CT molecular complexity index is 812. The molecule has 2 aromatic rings. The van der Waals surface area contributed by atoms with E-state index in [1.165, 1.54) is 6.92 Å². The number of amides is 2. The number of carbonyl (C=O) groups excluding carboxylic acids is 2. The van der Waals surface area contributed by atoms with Gasteiger partial charge in [0.2, 0.25) is 0 Å². The second kappa shape index (κ2) is 5.12. The first kappa shape index (κ1) is 15.1. The molecule has 0 bridgehead atoms. The van der Waals surface area contributed by atoms with Crippen LogP contribution in [0.1, 0.15) is 18.3 Å². The first-order valence-electron chi connectivity index (χ1n) is 7.24. The highest BCUT2D eigenvalue weighted by atomic mass is 16.5. The van der Waals surface area contributed by atoms with Gasteiger partial charge in [-0.2, -0.15) is 5.10 Å². The third-order valence-electron chi connectivity index (χ3n) is 4.06. The van der Waals surface area contributed by atoms with Crippen LogP contribution in [-0.2, 0) is 16.6 Å². The molecule has 7 nitrogen and oxygen atoms in total. The van der Waals surface area contributed by atoms with Gasteiger partial charge in [-0.25, -0.2) is 0 Å². The van der Waals surface area contributed by atoms with Crippen LogP contribution in [0.2, 0.25) is 0 Å². The Morgan fingerprint density at radius 3 is 2.70 bits per heavy atom. The molecule has 2 N–H and O–H groups in total. The number of benzene rings is 1. The van der Waals surface area contributed by atoms with Gasteiger partial charge >= 0.3 is 0 Å². The summed E-state index contributed by atoms with van der Waals surface area (Å²) >= 11 is 0. The largest absolute Gasteiger partial charge is 0.466 e. The van der Waals surface area contributed by atoms with Crippen LogP contribution in [0.4, 0.5) is 11.4 Å². The number of rotatable bonds is 2. The molecule has 2 amide bonds. The fourth-order valence-corrected chi connectivity index (χ4v) is 2.50. The summed E-state index contributed by atoms with van der Waals surface area (Å²) in [6, 6.07) is 7.00. The van der Waals surface area contributed by atoms with Gasteiger partial charge in [-0.1, -0.05) is 12.1 Å². The fourth-order valence-electron chi connectivity index (χ4n) is 2.50. The van der Waals surface area contributed by atoms with Crippen molar-refractivity contribution in [2.45, 2.75) is 26.4 Å². The normalized spacial score (nSPS) is 19.6. The smallest absolute Gasteiger partial charge is 0.278 e. The minimum Gasteiger partial charge on any atom is -0.466 e. The number of hydrogen-bond donors (Lipinski definition) is 2. The third-order valence-corrected chi connectivity index (χ3v) is 4.06. The van der Waals surface area contributed by atoms with Crippen LogP contribution in [0.15, 0.2) is 24.3 Å². The number of para-hydroxylation sites is 2. The summed E-state index contributed by atoms with van der Waals surface area (Å²) in [4.78, 5) is 25.1. The van der Waals surface area contributed by atoms with E-state index in [0.29, 0.717) is 22.8 Å². The lowest BCUT2D eigenvalue weighted by molar-refractivity contribution is -0.143. The minimum absolute atomic E-state index is 0.462. The maximum Gasteiger partial charge on any atom is 0.278 e. The van der Waals surface area contributed by atoms with Crippen molar-refractivity contribution in [2.75, 3.05) is 10.6 Å². The summed E-state index contributed by atoms with van der Waals surface area (Å²) in [5.74, 6) is -0.582. The predicted octanol–water partition coefficient (Wildman–Crippen LogP) is 1.77. The Morgan fingerprint density at radius 1 is 1.35 bits per heavy atom. The molecular weight excluding hydrogens is 296 g/mol. The van der Waals surface area contributed by atoms with E-state index in [1.54, 1.807) is 42.9 Å². The number of hydrogen-bond acceptors (Lipinski definition) is 4. The van der Waals surface area contributed by atoms with Gasteiger partial charge in [0.1, 0.15) is 5.75 Å². The highest BCUT2D eigenvalue weighted by Gasteiger charge is 2.47. The molecule has 7 heteroatoms. The predicted molar refractivity (Wildman–Crippen MR) is 85.4 cm³/mol. The average molecular weight is 314 g/mol. The molecule has 1 aromatic heterocycles. The molecule has 1 aromatic carbocycles. The number of anilines is 2. The first-order valence-corrected chi connectivity index (χ1v) is 7.24. The Hall–Kier alpha value is -2.83. The van der Waals surface area contributed by atoms with Crippen LogP contribution >= 0.6 is 0 Å². The summed E-state index contributed by atoms with van der Waals surface area (Å²) in [6.45, 7) is 5.09. The van der Waals surface area contributed by atoms with Crippen molar-refractivity contribution in [1.82, 2.24) is 9.78 Å². The summed E-state index contributed by atoms with van der Waals surface area (Å²) in [5.41, 5.74) is 0.975. The molecule has 1 atom stereocenters. The number of fused-ring (bicyclic) bond motifs is 1. The molecule has 2 heterocycles. The van der Waals surface area contributed by atoms with Gasteiger partial charge in [0, 0.05) is 7.05 Å². The molecular formula is C16H18N4O3. The van der Waals surface area contributed by atoms with Gasteiger partial charge in [0.25, 0.3) is 17.4 Å². The van der Waals surface area contributed by atoms with E-state index in [-0.39, 0.29) is 0 Å². The van der Waals surface area contributed by atoms with E-state index in [2.05, 4.69) is 15.7 Å². The second-order valence-electron chi connectivity index (χ2n) is 5.71. The second-order valence-corrected chi connectivity index (χ2v) is 5.71. The molecule has 0 saturated carbocycles. The zero-order chi connectivity index (χ0) is 16.8. The molecule has 1 unspecified atom stereocenters. The summed E-state index contributed by atoms with van der Waals surface area (Å²) in [7, 11) is 1.79. The van der Waals surface area contributed by atoms with Gasteiger partial charge < -0.3 is 15.4 Å². The highest BCUT2D eigenvalue weighted by molar-refractivity contribution is 6.19. The van der Waals surface area contributed by atoms with Gasteiger partial charge in [-0.15, -0.1) is 0 Å². The van der Waals surface area contributed by atoms with Crippen LogP contribution < -0.4 is 15.4 Å². The molecule has 120 valence electrons. The van der Waals surface area contributed by atoms with Crippen molar-refractivity contribution >= 4 is 23.2 Å². The van der Waals surface area contributed by atoms with Crippen LogP contribution in [0.5, 0.6) is 5.75 Å².